The Hall–Kier alpha value is -1.87. The molecule has 0 aromatic carbocycles. The van der Waals surface area contributed by atoms with Crippen molar-refractivity contribution in [3.8, 4) is 6.07 Å². The Morgan fingerprint density at radius 1 is 1.47 bits per heavy atom. The van der Waals surface area contributed by atoms with E-state index in [-0.39, 0.29) is 0 Å². The van der Waals surface area contributed by atoms with Gasteiger partial charge in [-0.25, -0.2) is 4.98 Å². The van der Waals surface area contributed by atoms with Crippen molar-refractivity contribution in [2.45, 2.75) is 6.42 Å². The van der Waals surface area contributed by atoms with E-state index in [2.05, 4.69) is 21.4 Å². The number of nitrogens with zero attached hydrogens (tertiary/aromatic N) is 4. The van der Waals surface area contributed by atoms with Gasteiger partial charge in [0.1, 0.15) is 11.6 Å². The summed E-state index contributed by atoms with van der Waals surface area (Å²) in [7, 11) is 3.45. The standard InChI is InChI=1S/C11H17N5O/c1-13-10-8-14-9-11(15-10)16(5-3-4-12)6-7-17-2/h8-9H,3,5-7H2,1-2H3,(H,13,15). The largest absolute Gasteiger partial charge is 0.383 e. The van der Waals surface area contributed by atoms with Gasteiger partial charge in [-0.2, -0.15) is 5.26 Å². The zero-order chi connectivity index (χ0) is 12.5. The van der Waals surface area contributed by atoms with Crippen LogP contribution in [0.3, 0.4) is 0 Å². The van der Waals surface area contributed by atoms with Crippen LogP contribution >= 0.6 is 0 Å². The number of nitrogens with one attached hydrogen (secondary N) is 1. The SMILES string of the molecule is CNc1cncc(N(CCC#N)CCOC)n1. The first kappa shape index (κ1) is 13.2. The molecular weight excluding hydrogens is 218 g/mol. The summed E-state index contributed by atoms with van der Waals surface area (Å²) < 4.78 is 5.04. The van der Waals surface area contributed by atoms with Gasteiger partial charge in [-0.05, 0) is 0 Å². The lowest BCUT2D eigenvalue weighted by atomic mass is 10.4. The second-order valence-electron chi connectivity index (χ2n) is 3.40. The van der Waals surface area contributed by atoms with E-state index in [1.54, 1.807) is 26.6 Å². The van der Waals surface area contributed by atoms with E-state index in [4.69, 9.17) is 10.00 Å². The fraction of sp³-hybridized carbons (Fsp3) is 0.545. The maximum absolute atomic E-state index is 8.63. The van der Waals surface area contributed by atoms with Crippen LogP contribution in [0.25, 0.3) is 0 Å². The monoisotopic (exact) mass is 235 g/mol. The summed E-state index contributed by atoms with van der Waals surface area (Å²) >= 11 is 0. The fourth-order valence-electron chi connectivity index (χ4n) is 1.36. The summed E-state index contributed by atoms with van der Waals surface area (Å²) in [6.45, 7) is 1.92. The number of aromatic nitrogens is 2. The van der Waals surface area contributed by atoms with Crippen molar-refractivity contribution in [1.29, 1.82) is 5.26 Å². The molecule has 0 saturated carbocycles. The first-order valence-corrected chi connectivity index (χ1v) is 5.42. The quantitative estimate of drug-likeness (QED) is 0.756. The Bertz CT molecular complexity index is 376. The molecule has 0 bridgehead atoms. The van der Waals surface area contributed by atoms with Gasteiger partial charge in [0, 0.05) is 27.2 Å². The van der Waals surface area contributed by atoms with Crippen LogP contribution in [-0.4, -0.2) is 43.8 Å². The molecule has 0 aliphatic carbocycles. The number of nitriles is 1. The van der Waals surface area contributed by atoms with Crippen molar-refractivity contribution >= 4 is 11.6 Å². The molecule has 6 heteroatoms. The molecule has 1 aromatic heterocycles. The van der Waals surface area contributed by atoms with Crippen molar-refractivity contribution in [2.75, 3.05) is 44.1 Å². The predicted octanol–water partition coefficient (Wildman–Crippen LogP) is 0.885. The first-order chi connectivity index (χ1) is 8.31. The van der Waals surface area contributed by atoms with Gasteiger partial charge in [0.2, 0.25) is 0 Å². The Labute approximate surface area is 101 Å². The van der Waals surface area contributed by atoms with Crippen molar-refractivity contribution in [3.05, 3.63) is 12.4 Å². The van der Waals surface area contributed by atoms with Gasteiger partial charge in [-0.1, -0.05) is 0 Å². The smallest absolute Gasteiger partial charge is 0.149 e. The third-order valence-electron chi connectivity index (χ3n) is 2.26. The zero-order valence-electron chi connectivity index (χ0n) is 10.2. The van der Waals surface area contributed by atoms with Gasteiger partial charge in [0.25, 0.3) is 0 Å². The Morgan fingerprint density at radius 3 is 2.94 bits per heavy atom. The first-order valence-electron chi connectivity index (χ1n) is 5.42. The summed E-state index contributed by atoms with van der Waals surface area (Å²) in [5.74, 6) is 1.46. The summed E-state index contributed by atoms with van der Waals surface area (Å²) in [5.41, 5.74) is 0. The number of hydrogen-bond acceptors (Lipinski definition) is 6. The van der Waals surface area contributed by atoms with Crippen molar-refractivity contribution < 1.29 is 4.74 Å². The average molecular weight is 235 g/mol. The van der Waals surface area contributed by atoms with Crippen LogP contribution in [-0.2, 0) is 4.74 Å². The van der Waals surface area contributed by atoms with Gasteiger partial charge >= 0.3 is 0 Å². The van der Waals surface area contributed by atoms with Gasteiger partial charge in [-0.3, -0.25) is 4.98 Å². The predicted molar refractivity (Wildman–Crippen MR) is 65.9 cm³/mol. The topological polar surface area (TPSA) is 74.1 Å². The van der Waals surface area contributed by atoms with Crippen LogP contribution < -0.4 is 10.2 Å². The van der Waals surface area contributed by atoms with Crippen molar-refractivity contribution in [3.63, 3.8) is 0 Å². The van der Waals surface area contributed by atoms with E-state index in [0.717, 1.165) is 5.82 Å². The highest BCUT2D eigenvalue weighted by Crippen LogP contribution is 2.12. The maximum atomic E-state index is 8.63. The molecule has 0 saturated heterocycles. The number of hydrogen-bond donors (Lipinski definition) is 1. The zero-order valence-corrected chi connectivity index (χ0v) is 10.2. The Balaban J connectivity index is 2.75. The molecule has 0 atom stereocenters. The van der Waals surface area contributed by atoms with E-state index >= 15 is 0 Å². The third-order valence-corrected chi connectivity index (χ3v) is 2.26. The van der Waals surface area contributed by atoms with E-state index in [0.29, 0.717) is 31.9 Å². The van der Waals surface area contributed by atoms with Gasteiger partial charge in [0.15, 0.2) is 0 Å². The van der Waals surface area contributed by atoms with Crippen molar-refractivity contribution in [1.82, 2.24) is 9.97 Å². The highest BCUT2D eigenvalue weighted by atomic mass is 16.5. The molecule has 6 nitrogen and oxygen atoms in total. The Kier molecular flexibility index (Phi) is 5.75. The Morgan fingerprint density at radius 2 is 2.29 bits per heavy atom. The maximum Gasteiger partial charge on any atom is 0.149 e. The van der Waals surface area contributed by atoms with Crippen molar-refractivity contribution in [2.24, 2.45) is 0 Å². The van der Waals surface area contributed by atoms with E-state index in [1.165, 1.54) is 0 Å². The molecular formula is C11H17N5O. The normalized spacial score (nSPS) is 9.71. The second kappa shape index (κ2) is 7.41. The summed E-state index contributed by atoms with van der Waals surface area (Å²) in [5, 5.41) is 11.6. The summed E-state index contributed by atoms with van der Waals surface area (Å²) in [4.78, 5) is 10.5. The molecule has 0 radical (unpaired) electrons. The molecule has 0 amide bonds. The third kappa shape index (κ3) is 4.25. The van der Waals surface area contributed by atoms with Crippen LogP contribution in [0.4, 0.5) is 11.6 Å². The molecule has 17 heavy (non-hydrogen) atoms. The second-order valence-corrected chi connectivity index (χ2v) is 3.40. The molecule has 0 unspecified atom stereocenters. The molecule has 0 aliphatic rings. The van der Waals surface area contributed by atoms with Crippen LogP contribution in [0, 0.1) is 11.3 Å². The summed E-state index contributed by atoms with van der Waals surface area (Å²) in [6.07, 6.45) is 3.80. The lowest BCUT2D eigenvalue weighted by molar-refractivity contribution is 0.205. The molecule has 0 aliphatic heterocycles. The summed E-state index contributed by atoms with van der Waals surface area (Å²) in [6, 6.07) is 2.13. The molecule has 0 spiro atoms. The van der Waals surface area contributed by atoms with Crippen LogP contribution in [0.2, 0.25) is 0 Å². The minimum absolute atomic E-state index is 0.454. The molecule has 0 fully saturated rings. The van der Waals surface area contributed by atoms with Crippen LogP contribution in [0.5, 0.6) is 0 Å². The minimum Gasteiger partial charge on any atom is -0.383 e. The minimum atomic E-state index is 0.454. The number of anilines is 2. The van der Waals surface area contributed by atoms with E-state index < -0.39 is 0 Å². The fourth-order valence-corrected chi connectivity index (χ4v) is 1.36. The van der Waals surface area contributed by atoms with Gasteiger partial charge < -0.3 is 15.0 Å². The van der Waals surface area contributed by atoms with Crippen LogP contribution in [0.15, 0.2) is 12.4 Å². The lowest BCUT2D eigenvalue weighted by Gasteiger charge is -2.22. The number of ether oxygens (including phenoxy) is 1. The lowest BCUT2D eigenvalue weighted by Crippen LogP contribution is -2.29. The molecule has 1 heterocycles. The van der Waals surface area contributed by atoms with E-state index in [1.807, 2.05) is 4.90 Å². The highest BCUT2D eigenvalue weighted by molar-refractivity contribution is 5.43. The van der Waals surface area contributed by atoms with E-state index in [9.17, 15) is 0 Å². The molecule has 1 aromatic rings. The highest BCUT2D eigenvalue weighted by Gasteiger charge is 2.08. The molecule has 1 N–H and O–H groups in total. The molecule has 1 rings (SSSR count). The van der Waals surface area contributed by atoms with Gasteiger partial charge in [-0.15, -0.1) is 0 Å². The van der Waals surface area contributed by atoms with Crippen LogP contribution in [0.1, 0.15) is 6.42 Å². The number of methoxy groups -OCH3 is 1. The molecule has 92 valence electrons. The van der Waals surface area contributed by atoms with Gasteiger partial charge in [0.05, 0.1) is 31.5 Å². The number of rotatable bonds is 7. The average Bonchev–Trinajstić information content (AvgIpc) is 2.39.